The smallest absolute Gasteiger partial charge is 0.311 e. The molecule has 0 saturated carbocycles. The predicted molar refractivity (Wildman–Crippen MR) is 232 cm³/mol. The van der Waals surface area contributed by atoms with Crippen molar-refractivity contribution in [3.63, 3.8) is 0 Å². The molecular weight excluding hydrogens is 633 g/mol. The summed E-state index contributed by atoms with van der Waals surface area (Å²) in [5, 5.41) is 0. The molecule has 0 amide bonds. The highest BCUT2D eigenvalue weighted by molar-refractivity contribution is 5.72. The quantitative estimate of drug-likeness (QED) is 0.0381. The first-order chi connectivity index (χ1) is 25.8. The van der Waals surface area contributed by atoms with Crippen molar-refractivity contribution < 1.29 is 9.53 Å². The van der Waals surface area contributed by atoms with Crippen molar-refractivity contribution >= 4 is 5.97 Å². The number of hydrogen-bond acceptors (Lipinski definition) is 2. The third-order valence-electron chi connectivity index (χ3n) is 11.5. The van der Waals surface area contributed by atoms with Gasteiger partial charge in [-0.3, -0.25) is 4.79 Å². The first-order valence-electron chi connectivity index (χ1n) is 24.1. The number of unbranched alkanes of at least 4 members (excludes halogenated alkanes) is 40. The van der Waals surface area contributed by atoms with Gasteiger partial charge in [0.1, 0.15) is 5.75 Å². The molecule has 52 heavy (non-hydrogen) atoms. The topological polar surface area (TPSA) is 26.3 Å². The van der Waals surface area contributed by atoms with Crippen molar-refractivity contribution in [3.8, 4) is 5.75 Å². The molecule has 0 spiro atoms. The average Bonchev–Trinajstić information content (AvgIpc) is 3.16. The zero-order valence-electron chi connectivity index (χ0n) is 35.4. The van der Waals surface area contributed by atoms with E-state index < -0.39 is 0 Å². The SMILES string of the molecule is CCCCCCCCCCCCCCCCCCCCCCCCCCCCCCCCCCCCCCCCCCCC(=O)Oc1ccccc1. The van der Waals surface area contributed by atoms with Crippen LogP contribution >= 0.6 is 0 Å². The lowest BCUT2D eigenvalue weighted by molar-refractivity contribution is -0.134. The van der Waals surface area contributed by atoms with Gasteiger partial charge in [0.15, 0.2) is 0 Å². The van der Waals surface area contributed by atoms with Crippen LogP contribution < -0.4 is 4.74 Å². The lowest BCUT2D eigenvalue weighted by Crippen LogP contribution is -2.07. The van der Waals surface area contributed by atoms with Gasteiger partial charge in [0.25, 0.3) is 0 Å². The molecule has 0 heterocycles. The number of rotatable bonds is 43. The molecule has 1 aromatic rings. The van der Waals surface area contributed by atoms with E-state index in [9.17, 15) is 4.79 Å². The van der Waals surface area contributed by atoms with Crippen LogP contribution in [0.15, 0.2) is 30.3 Å². The molecule has 0 saturated heterocycles. The van der Waals surface area contributed by atoms with Crippen LogP contribution in [-0.4, -0.2) is 5.97 Å². The molecule has 0 fully saturated rings. The Bertz CT molecular complexity index is 804. The Morgan fingerprint density at radius 3 is 0.769 bits per heavy atom. The first-order valence-corrected chi connectivity index (χ1v) is 24.1. The van der Waals surface area contributed by atoms with E-state index in [-0.39, 0.29) is 5.97 Å². The fraction of sp³-hybridized carbons (Fsp3) is 0.860. The molecule has 0 aromatic heterocycles. The summed E-state index contributed by atoms with van der Waals surface area (Å²) in [6.07, 6.45) is 59.3. The van der Waals surface area contributed by atoms with Crippen molar-refractivity contribution in [1.82, 2.24) is 0 Å². The van der Waals surface area contributed by atoms with Crippen molar-refractivity contribution in [2.24, 2.45) is 0 Å². The number of carbonyl (C=O) groups is 1. The molecule has 1 aromatic carbocycles. The number of carbonyl (C=O) groups excluding carboxylic acids is 1. The van der Waals surface area contributed by atoms with Crippen molar-refractivity contribution in [2.45, 2.75) is 277 Å². The van der Waals surface area contributed by atoms with E-state index in [4.69, 9.17) is 4.74 Å². The molecule has 0 N–H and O–H groups in total. The zero-order valence-corrected chi connectivity index (χ0v) is 35.4. The second kappa shape index (κ2) is 42.4. The van der Waals surface area contributed by atoms with Gasteiger partial charge in [-0.15, -0.1) is 0 Å². The maximum Gasteiger partial charge on any atom is 0.311 e. The third-order valence-corrected chi connectivity index (χ3v) is 11.5. The minimum absolute atomic E-state index is 0.0991. The van der Waals surface area contributed by atoms with Gasteiger partial charge >= 0.3 is 5.97 Å². The van der Waals surface area contributed by atoms with Gasteiger partial charge in [-0.2, -0.15) is 0 Å². The van der Waals surface area contributed by atoms with E-state index in [0.717, 1.165) is 12.8 Å². The van der Waals surface area contributed by atoms with Crippen molar-refractivity contribution in [3.05, 3.63) is 30.3 Å². The summed E-state index contributed by atoms with van der Waals surface area (Å²) in [6, 6.07) is 9.41. The van der Waals surface area contributed by atoms with Crippen LogP contribution in [0, 0.1) is 0 Å². The van der Waals surface area contributed by atoms with Crippen LogP contribution in [0.25, 0.3) is 0 Å². The van der Waals surface area contributed by atoms with Gasteiger partial charge < -0.3 is 4.74 Å². The molecule has 0 aliphatic carbocycles. The van der Waals surface area contributed by atoms with Crippen LogP contribution in [0.1, 0.15) is 277 Å². The Hall–Kier alpha value is -1.31. The molecule has 0 unspecified atom stereocenters. The first kappa shape index (κ1) is 48.7. The summed E-state index contributed by atoms with van der Waals surface area (Å²) < 4.78 is 5.35. The summed E-state index contributed by atoms with van der Waals surface area (Å²) in [6.45, 7) is 2.31. The van der Waals surface area contributed by atoms with E-state index in [2.05, 4.69) is 6.92 Å². The Morgan fingerprint density at radius 2 is 0.538 bits per heavy atom. The standard InChI is InChI=1S/C50H92O2/c1-2-3-4-5-6-7-8-9-10-11-12-13-14-15-16-17-18-19-20-21-22-23-24-25-26-27-28-29-30-31-32-33-34-35-36-37-38-39-40-41-45-48-50(51)52-49-46-43-42-44-47-49/h42-44,46-47H,2-41,45,48H2,1H3. The molecule has 1 rings (SSSR count). The highest BCUT2D eigenvalue weighted by atomic mass is 16.5. The van der Waals surface area contributed by atoms with E-state index in [1.165, 1.54) is 250 Å². The number of esters is 1. The summed E-state index contributed by atoms with van der Waals surface area (Å²) in [5.41, 5.74) is 0. The van der Waals surface area contributed by atoms with Crippen LogP contribution in [0.5, 0.6) is 5.75 Å². The number of ether oxygens (including phenoxy) is 1. The van der Waals surface area contributed by atoms with Gasteiger partial charge in [0, 0.05) is 6.42 Å². The molecule has 2 heteroatoms. The lowest BCUT2D eigenvalue weighted by Gasteiger charge is -2.05. The minimum Gasteiger partial charge on any atom is -0.427 e. The summed E-state index contributed by atoms with van der Waals surface area (Å²) in [5.74, 6) is 0.558. The predicted octanol–water partition coefficient (Wildman–Crippen LogP) is 18.0. The number of hydrogen-bond donors (Lipinski definition) is 0. The minimum atomic E-state index is -0.0991. The summed E-state index contributed by atoms with van der Waals surface area (Å²) in [4.78, 5) is 11.9. The normalized spacial score (nSPS) is 11.4. The fourth-order valence-electron chi connectivity index (χ4n) is 7.91. The Labute approximate surface area is 327 Å². The Kier molecular flexibility index (Phi) is 39.7. The van der Waals surface area contributed by atoms with Gasteiger partial charge in [0.2, 0.25) is 0 Å². The zero-order chi connectivity index (χ0) is 37.1. The van der Waals surface area contributed by atoms with Crippen LogP contribution in [-0.2, 0) is 4.79 Å². The second-order valence-corrected chi connectivity index (χ2v) is 16.7. The van der Waals surface area contributed by atoms with Crippen molar-refractivity contribution in [2.75, 3.05) is 0 Å². The Balaban J connectivity index is 1.62. The molecule has 0 bridgehead atoms. The average molecular weight is 725 g/mol. The van der Waals surface area contributed by atoms with E-state index in [1.54, 1.807) is 0 Å². The van der Waals surface area contributed by atoms with Crippen molar-refractivity contribution in [1.29, 1.82) is 0 Å². The molecule has 2 nitrogen and oxygen atoms in total. The number of benzene rings is 1. The monoisotopic (exact) mass is 725 g/mol. The summed E-state index contributed by atoms with van der Waals surface area (Å²) in [7, 11) is 0. The maximum atomic E-state index is 11.9. The molecule has 0 aliphatic rings. The Morgan fingerprint density at radius 1 is 0.327 bits per heavy atom. The largest absolute Gasteiger partial charge is 0.427 e. The van der Waals surface area contributed by atoms with Crippen LogP contribution in [0.4, 0.5) is 0 Å². The van der Waals surface area contributed by atoms with E-state index >= 15 is 0 Å². The maximum absolute atomic E-state index is 11.9. The highest BCUT2D eigenvalue weighted by Gasteiger charge is 2.04. The van der Waals surface area contributed by atoms with Gasteiger partial charge in [0.05, 0.1) is 0 Å². The second-order valence-electron chi connectivity index (χ2n) is 16.7. The fourth-order valence-corrected chi connectivity index (χ4v) is 7.91. The lowest BCUT2D eigenvalue weighted by atomic mass is 10.0. The van der Waals surface area contributed by atoms with Crippen LogP contribution in [0.3, 0.4) is 0 Å². The molecule has 304 valence electrons. The van der Waals surface area contributed by atoms with Gasteiger partial charge in [-0.05, 0) is 18.6 Å². The third kappa shape index (κ3) is 38.4. The number of para-hydroxylation sites is 1. The highest BCUT2D eigenvalue weighted by Crippen LogP contribution is 2.18. The molecule has 0 aliphatic heterocycles. The van der Waals surface area contributed by atoms with E-state index in [1.807, 2.05) is 30.3 Å². The van der Waals surface area contributed by atoms with Gasteiger partial charge in [-0.25, -0.2) is 0 Å². The molecule has 0 radical (unpaired) electrons. The van der Waals surface area contributed by atoms with Crippen LogP contribution in [0.2, 0.25) is 0 Å². The molecule has 0 atom stereocenters. The summed E-state index contributed by atoms with van der Waals surface area (Å²) >= 11 is 0. The molecular formula is C50H92O2. The van der Waals surface area contributed by atoms with Gasteiger partial charge in [-0.1, -0.05) is 282 Å². The van der Waals surface area contributed by atoms with E-state index in [0.29, 0.717) is 12.2 Å².